The van der Waals surface area contributed by atoms with E-state index in [-0.39, 0.29) is 5.91 Å². The lowest BCUT2D eigenvalue weighted by molar-refractivity contribution is -0.127. The maximum absolute atomic E-state index is 12.3. The predicted molar refractivity (Wildman–Crippen MR) is 131 cm³/mol. The molecule has 0 spiro atoms. The third kappa shape index (κ3) is 7.70. The van der Waals surface area contributed by atoms with Crippen molar-refractivity contribution in [2.45, 2.75) is 26.6 Å². The Kier molecular flexibility index (Phi) is 8.98. The number of rotatable bonds is 10. The number of ether oxygens (including phenoxy) is 3. The Morgan fingerprint density at radius 3 is 2.52 bits per heavy atom. The largest absolute Gasteiger partial charge is 0.490 e. The van der Waals surface area contributed by atoms with Gasteiger partial charge in [0.1, 0.15) is 12.4 Å². The van der Waals surface area contributed by atoms with Crippen molar-refractivity contribution in [2.75, 3.05) is 6.61 Å². The third-order valence-electron chi connectivity index (χ3n) is 4.44. The quantitative estimate of drug-likeness (QED) is 0.286. The Bertz CT molecular complexity index is 1100. The highest BCUT2D eigenvalue weighted by Gasteiger charge is 2.14. The number of nitrogens with one attached hydrogen (secondary N) is 1. The van der Waals surface area contributed by atoms with Gasteiger partial charge in [0.15, 0.2) is 17.6 Å². The predicted octanol–water partition coefficient (Wildman–Crippen LogP) is 5.89. The molecular weight excluding hydrogens is 463 g/mol. The van der Waals surface area contributed by atoms with E-state index in [2.05, 4.69) is 10.5 Å². The van der Waals surface area contributed by atoms with Crippen LogP contribution in [0.1, 0.15) is 25.0 Å². The molecule has 0 aromatic heterocycles. The highest BCUT2D eigenvalue weighted by molar-refractivity contribution is 6.30. The van der Waals surface area contributed by atoms with Crippen LogP contribution in [0.3, 0.4) is 0 Å². The van der Waals surface area contributed by atoms with Crippen LogP contribution in [0.2, 0.25) is 10.0 Å². The average Bonchev–Trinajstić information content (AvgIpc) is 2.80. The van der Waals surface area contributed by atoms with Crippen LogP contribution in [0.5, 0.6) is 17.2 Å². The number of carbonyl (C=O) groups is 1. The molecule has 3 rings (SSSR count). The zero-order chi connectivity index (χ0) is 23.6. The second kappa shape index (κ2) is 12.1. The van der Waals surface area contributed by atoms with Crippen molar-refractivity contribution in [1.82, 2.24) is 5.43 Å². The number of nitrogens with zero attached hydrogens (tertiary/aromatic N) is 1. The van der Waals surface area contributed by atoms with Crippen LogP contribution in [0, 0.1) is 0 Å². The van der Waals surface area contributed by atoms with Gasteiger partial charge in [-0.3, -0.25) is 4.79 Å². The molecule has 1 unspecified atom stereocenters. The van der Waals surface area contributed by atoms with Crippen molar-refractivity contribution < 1.29 is 19.0 Å². The van der Waals surface area contributed by atoms with E-state index in [0.29, 0.717) is 40.5 Å². The molecule has 3 aromatic rings. The van der Waals surface area contributed by atoms with E-state index in [4.69, 9.17) is 37.4 Å². The molecule has 0 fully saturated rings. The van der Waals surface area contributed by atoms with Gasteiger partial charge in [0, 0.05) is 10.0 Å². The molecule has 0 saturated carbocycles. The number of hydrogen-bond acceptors (Lipinski definition) is 5. The minimum absolute atomic E-state index is 0.380. The lowest BCUT2D eigenvalue weighted by Crippen LogP contribution is -2.33. The fraction of sp³-hybridized carbons (Fsp3) is 0.200. The number of carbonyl (C=O) groups excluding carboxylic acids is 1. The van der Waals surface area contributed by atoms with Crippen LogP contribution in [0.4, 0.5) is 0 Å². The zero-order valence-electron chi connectivity index (χ0n) is 18.3. The molecule has 1 amide bonds. The minimum atomic E-state index is -0.747. The van der Waals surface area contributed by atoms with Crippen LogP contribution in [-0.4, -0.2) is 24.8 Å². The lowest BCUT2D eigenvalue weighted by atomic mass is 10.2. The Morgan fingerprint density at radius 2 is 1.79 bits per heavy atom. The Labute approximate surface area is 203 Å². The molecule has 3 aromatic carbocycles. The highest BCUT2D eigenvalue weighted by atomic mass is 35.5. The van der Waals surface area contributed by atoms with Crippen LogP contribution in [0.15, 0.2) is 71.8 Å². The van der Waals surface area contributed by atoms with E-state index >= 15 is 0 Å². The van der Waals surface area contributed by atoms with Gasteiger partial charge in [-0.05, 0) is 73.5 Å². The van der Waals surface area contributed by atoms with Crippen molar-refractivity contribution in [3.63, 3.8) is 0 Å². The van der Waals surface area contributed by atoms with Crippen LogP contribution in [-0.2, 0) is 11.4 Å². The second-order valence-corrected chi connectivity index (χ2v) is 7.88. The summed E-state index contributed by atoms with van der Waals surface area (Å²) in [5.41, 5.74) is 4.20. The molecule has 0 bridgehead atoms. The van der Waals surface area contributed by atoms with E-state index < -0.39 is 6.10 Å². The van der Waals surface area contributed by atoms with E-state index in [0.717, 1.165) is 11.1 Å². The molecule has 0 radical (unpaired) electrons. The lowest BCUT2D eigenvalue weighted by Gasteiger charge is -2.13. The number of halogens is 2. The Morgan fingerprint density at radius 1 is 1.00 bits per heavy atom. The molecule has 172 valence electrons. The first kappa shape index (κ1) is 24.4. The molecule has 1 atom stereocenters. The summed E-state index contributed by atoms with van der Waals surface area (Å²) in [7, 11) is 0. The summed E-state index contributed by atoms with van der Waals surface area (Å²) in [6.45, 7) is 4.38. The second-order valence-electron chi connectivity index (χ2n) is 7.01. The highest BCUT2D eigenvalue weighted by Crippen LogP contribution is 2.29. The van der Waals surface area contributed by atoms with Crippen LogP contribution < -0.4 is 19.6 Å². The first-order valence-electron chi connectivity index (χ1n) is 10.3. The normalized spacial score (nSPS) is 11.8. The summed E-state index contributed by atoms with van der Waals surface area (Å²) >= 11 is 11.9. The summed E-state index contributed by atoms with van der Waals surface area (Å²) in [5.74, 6) is 1.31. The fourth-order valence-corrected chi connectivity index (χ4v) is 3.10. The number of hydrogen-bond donors (Lipinski definition) is 1. The van der Waals surface area contributed by atoms with Crippen molar-refractivity contribution in [1.29, 1.82) is 0 Å². The van der Waals surface area contributed by atoms with Crippen molar-refractivity contribution in [3.8, 4) is 17.2 Å². The van der Waals surface area contributed by atoms with Gasteiger partial charge in [0.2, 0.25) is 0 Å². The standard InChI is InChI=1S/C25H24Cl2N2O4/c1-3-31-24-13-19(9-12-23(24)32-16-18-7-10-20(26)11-8-18)15-28-29-25(30)17(2)33-22-6-4-5-21(27)14-22/h4-15,17H,3,16H2,1-2H3,(H,29,30). The summed E-state index contributed by atoms with van der Waals surface area (Å²) in [4.78, 5) is 12.3. The SMILES string of the molecule is CCOc1cc(C=NNC(=O)C(C)Oc2cccc(Cl)c2)ccc1OCc1ccc(Cl)cc1. The molecule has 1 N–H and O–H groups in total. The van der Waals surface area contributed by atoms with Gasteiger partial charge < -0.3 is 14.2 Å². The smallest absolute Gasteiger partial charge is 0.280 e. The molecule has 0 saturated heterocycles. The van der Waals surface area contributed by atoms with E-state index in [1.165, 1.54) is 6.21 Å². The monoisotopic (exact) mass is 486 g/mol. The van der Waals surface area contributed by atoms with Gasteiger partial charge in [-0.25, -0.2) is 5.43 Å². The molecule has 0 aliphatic rings. The van der Waals surface area contributed by atoms with Crippen molar-refractivity contribution >= 4 is 35.3 Å². The number of benzene rings is 3. The van der Waals surface area contributed by atoms with Gasteiger partial charge in [0.25, 0.3) is 5.91 Å². The summed E-state index contributed by atoms with van der Waals surface area (Å²) in [5, 5.41) is 5.22. The van der Waals surface area contributed by atoms with Crippen molar-refractivity contribution in [2.24, 2.45) is 5.10 Å². The first-order valence-corrected chi connectivity index (χ1v) is 11.1. The maximum Gasteiger partial charge on any atom is 0.280 e. The fourth-order valence-electron chi connectivity index (χ4n) is 2.79. The Hall–Kier alpha value is -3.22. The maximum atomic E-state index is 12.3. The number of hydrazone groups is 1. The average molecular weight is 487 g/mol. The zero-order valence-corrected chi connectivity index (χ0v) is 19.8. The van der Waals surface area contributed by atoms with E-state index in [1.807, 2.05) is 37.3 Å². The molecule has 0 aliphatic carbocycles. The molecule has 0 aliphatic heterocycles. The summed E-state index contributed by atoms with van der Waals surface area (Å²) in [6, 6.07) is 19.7. The molecule has 33 heavy (non-hydrogen) atoms. The third-order valence-corrected chi connectivity index (χ3v) is 4.93. The molecule has 0 heterocycles. The van der Waals surface area contributed by atoms with Gasteiger partial charge in [0.05, 0.1) is 12.8 Å². The van der Waals surface area contributed by atoms with Gasteiger partial charge in [-0.1, -0.05) is 41.4 Å². The molecule has 6 nitrogen and oxygen atoms in total. The van der Waals surface area contributed by atoms with E-state index in [9.17, 15) is 4.79 Å². The topological polar surface area (TPSA) is 69.2 Å². The summed E-state index contributed by atoms with van der Waals surface area (Å²) in [6.07, 6.45) is 0.776. The van der Waals surface area contributed by atoms with Gasteiger partial charge >= 0.3 is 0 Å². The molecular formula is C25H24Cl2N2O4. The van der Waals surface area contributed by atoms with E-state index in [1.54, 1.807) is 43.3 Å². The van der Waals surface area contributed by atoms with Gasteiger partial charge in [-0.2, -0.15) is 5.10 Å². The van der Waals surface area contributed by atoms with Crippen LogP contribution >= 0.6 is 23.2 Å². The summed E-state index contributed by atoms with van der Waals surface area (Å²) < 4.78 is 17.2. The minimum Gasteiger partial charge on any atom is -0.490 e. The Balaban J connectivity index is 1.58. The van der Waals surface area contributed by atoms with Crippen molar-refractivity contribution in [3.05, 3.63) is 87.9 Å². The van der Waals surface area contributed by atoms with Crippen LogP contribution in [0.25, 0.3) is 0 Å². The number of amides is 1. The first-order chi connectivity index (χ1) is 15.9. The molecule has 8 heteroatoms. The van der Waals surface area contributed by atoms with Gasteiger partial charge in [-0.15, -0.1) is 0 Å².